The van der Waals surface area contributed by atoms with Gasteiger partial charge in [0.25, 0.3) is 0 Å². The van der Waals surface area contributed by atoms with Crippen LogP contribution in [-0.4, -0.2) is 32.1 Å². The van der Waals surface area contributed by atoms with Crippen molar-refractivity contribution < 1.29 is 13.2 Å². The number of halogens is 1. The van der Waals surface area contributed by atoms with Crippen molar-refractivity contribution in [2.24, 2.45) is 0 Å². The number of nitrogens with zero attached hydrogens (tertiary/aromatic N) is 1. The molecule has 3 rings (SSSR count). The van der Waals surface area contributed by atoms with Crippen LogP contribution in [0.25, 0.3) is 0 Å². The van der Waals surface area contributed by atoms with Crippen LogP contribution in [0.1, 0.15) is 22.1 Å². The average molecular weight is 442 g/mol. The second-order valence-corrected chi connectivity index (χ2v) is 9.87. The number of methoxy groups -OCH3 is 1. The molecule has 1 atom stereocenters. The lowest BCUT2D eigenvalue weighted by Gasteiger charge is -2.25. The van der Waals surface area contributed by atoms with E-state index in [0.29, 0.717) is 17.2 Å². The summed E-state index contributed by atoms with van der Waals surface area (Å²) >= 11 is 5.08. The molecule has 1 saturated heterocycles. The molecule has 0 N–H and O–H groups in total. The van der Waals surface area contributed by atoms with E-state index in [4.69, 9.17) is 4.74 Å². The second-order valence-electron chi connectivity index (χ2n) is 5.91. The summed E-state index contributed by atoms with van der Waals surface area (Å²) in [6.45, 7) is 4.24. The van der Waals surface area contributed by atoms with Gasteiger partial charge in [-0.1, -0.05) is 28.1 Å². The molecule has 2 aromatic carbocycles. The van der Waals surface area contributed by atoms with Crippen molar-refractivity contribution in [1.82, 2.24) is 4.31 Å². The minimum atomic E-state index is -3.58. The molecule has 4 nitrogen and oxygen atoms in total. The maximum atomic E-state index is 13.3. The summed E-state index contributed by atoms with van der Waals surface area (Å²) in [5.41, 5.74) is 2.60. The zero-order valence-electron chi connectivity index (χ0n) is 14.3. The summed E-state index contributed by atoms with van der Waals surface area (Å²) in [6, 6.07) is 11.2. The minimum Gasteiger partial charge on any atom is -0.496 e. The van der Waals surface area contributed by atoms with Gasteiger partial charge in [0.15, 0.2) is 0 Å². The molecular formula is C18H20BrNO3S2. The van der Waals surface area contributed by atoms with Crippen molar-refractivity contribution >= 4 is 37.7 Å². The van der Waals surface area contributed by atoms with Crippen LogP contribution in [0.3, 0.4) is 0 Å². The number of benzene rings is 2. The molecular weight excluding hydrogens is 422 g/mol. The number of hydrogen-bond donors (Lipinski definition) is 0. The first-order valence-electron chi connectivity index (χ1n) is 7.89. The minimum absolute atomic E-state index is 0.195. The van der Waals surface area contributed by atoms with E-state index in [0.717, 1.165) is 26.9 Å². The SMILES string of the molecule is COc1ccc(S(=O)(=O)N2CCSC2c2ccc(Br)cc2)c(C)c1C. The summed E-state index contributed by atoms with van der Waals surface area (Å²) in [6.07, 6.45) is 0. The van der Waals surface area contributed by atoms with Crippen molar-refractivity contribution in [2.75, 3.05) is 19.4 Å². The van der Waals surface area contributed by atoms with Crippen LogP contribution in [-0.2, 0) is 10.0 Å². The number of rotatable bonds is 4. The molecule has 1 unspecified atom stereocenters. The van der Waals surface area contributed by atoms with E-state index in [1.807, 2.05) is 38.1 Å². The lowest BCUT2D eigenvalue weighted by atomic mass is 10.1. The molecule has 7 heteroatoms. The highest BCUT2D eigenvalue weighted by Crippen LogP contribution is 2.42. The smallest absolute Gasteiger partial charge is 0.244 e. The molecule has 134 valence electrons. The Labute approximate surface area is 161 Å². The Morgan fingerprint density at radius 3 is 2.44 bits per heavy atom. The van der Waals surface area contributed by atoms with Crippen LogP contribution in [0.2, 0.25) is 0 Å². The van der Waals surface area contributed by atoms with Crippen molar-refractivity contribution in [2.45, 2.75) is 24.1 Å². The predicted molar refractivity (Wildman–Crippen MR) is 106 cm³/mol. The first kappa shape index (κ1) is 18.8. The Balaban J connectivity index is 2.02. The highest BCUT2D eigenvalue weighted by Gasteiger charge is 2.37. The van der Waals surface area contributed by atoms with Crippen LogP contribution < -0.4 is 4.74 Å². The van der Waals surface area contributed by atoms with Crippen LogP contribution in [0.15, 0.2) is 45.8 Å². The fourth-order valence-corrected chi connectivity index (χ4v) is 6.78. The maximum absolute atomic E-state index is 13.3. The molecule has 2 aromatic rings. The zero-order valence-corrected chi connectivity index (χ0v) is 17.5. The number of sulfonamides is 1. The second kappa shape index (κ2) is 7.31. The molecule has 0 aromatic heterocycles. The van der Waals surface area contributed by atoms with Crippen molar-refractivity contribution in [3.8, 4) is 5.75 Å². The third kappa shape index (κ3) is 3.47. The molecule has 1 heterocycles. The van der Waals surface area contributed by atoms with Crippen molar-refractivity contribution in [3.63, 3.8) is 0 Å². The zero-order chi connectivity index (χ0) is 18.2. The molecule has 1 aliphatic rings. The maximum Gasteiger partial charge on any atom is 0.244 e. The third-order valence-corrected chi connectivity index (χ3v) is 8.43. The first-order valence-corrected chi connectivity index (χ1v) is 11.2. The van der Waals surface area contributed by atoms with Crippen LogP contribution in [0, 0.1) is 13.8 Å². The number of thioether (sulfide) groups is 1. The first-order chi connectivity index (χ1) is 11.9. The molecule has 1 aliphatic heterocycles. The lowest BCUT2D eigenvalue weighted by molar-refractivity contribution is 0.410. The van der Waals surface area contributed by atoms with Gasteiger partial charge >= 0.3 is 0 Å². The van der Waals surface area contributed by atoms with Crippen LogP contribution in [0.4, 0.5) is 0 Å². The normalized spacial score (nSPS) is 18.5. The van der Waals surface area contributed by atoms with Gasteiger partial charge < -0.3 is 4.74 Å². The third-order valence-electron chi connectivity index (χ3n) is 4.50. The van der Waals surface area contributed by atoms with Gasteiger partial charge in [-0.25, -0.2) is 8.42 Å². The molecule has 0 amide bonds. The van der Waals surface area contributed by atoms with Gasteiger partial charge in [-0.3, -0.25) is 0 Å². The fraction of sp³-hybridized carbons (Fsp3) is 0.333. The number of hydrogen-bond acceptors (Lipinski definition) is 4. The summed E-state index contributed by atoms with van der Waals surface area (Å²) in [5.74, 6) is 1.49. The molecule has 0 aliphatic carbocycles. The topological polar surface area (TPSA) is 46.6 Å². The Morgan fingerprint density at radius 1 is 1.12 bits per heavy atom. The Bertz CT molecular complexity index is 882. The van der Waals surface area contributed by atoms with Crippen LogP contribution in [0.5, 0.6) is 5.75 Å². The van der Waals surface area contributed by atoms with E-state index in [2.05, 4.69) is 15.9 Å². The summed E-state index contributed by atoms with van der Waals surface area (Å²) < 4.78 is 34.5. The molecule has 0 radical (unpaired) electrons. The molecule has 0 bridgehead atoms. The summed E-state index contributed by atoms with van der Waals surface area (Å²) in [7, 11) is -1.99. The Kier molecular flexibility index (Phi) is 5.48. The van der Waals surface area contributed by atoms with Gasteiger partial charge in [-0.15, -0.1) is 11.8 Å². The van der Waals surface area contributed by atoms with E-state index < -0.39 is 10.0 Å². The Hall–Kier alpha value is -1.02. The average Bonchev–Trinajstić information content (AvgIpc) is 3.08. The summed E-state index contributed by atoms with van der Waals surface area (Å²) in [4.78, 5) is 0.357. The highest BCUT2D eigenvalue weighted by atomic mass is 79.9. The molecule has 0 spiro atoms. The van der Waals surface area contributed by atoms with E-state index in [9.17, 15) is 8.42 Å². The number of ether oxygens (including phenoxy) is 1. The van der Waals surface area contributed by atoms with Gasteiger partial charge in [0.2, 0.25) is 10.0 Å². The van der Waals surface area contributed by atoms with Gasteiger partial charge in [0.05, 0.1) is 17.4 Å². The van der Waals surface area contributed by atoms with E-state index in [-0.39, 0.29) is 5.37 Å². The quantitative estimate of drug-likeness (QED) is 0.699. The van der Waals surface area contributed by atoms with Crippen molar-refractivity contribution in [1.29, 1.82) is 0 Å². The van der Waals surface area contributed by atoms with Gasteiger partial charge in [-0.2, -0.15) is 4.31 Å². The van der Waals surface area contributed by atoms with E-state index >= 15 is 0 Å². The fourth-order valence-electron chi connectivity index (χ4n) is 2.99. The highest BCUT2D eigenvalue weighted by molar-refractivity contribution is 9.10. The van der Waals surface area contributed by atoms with Crippen molar-refractivity contribution in [3.05, 3.63) is 57.6 Å². The van der Waals surface area contributed by atoms with Crippen LogP contribution >= 0.6 is 27.7 Å². The predicted octanol–water partition coefficient (Wildman–Crippen LogP) is 4.51. The van der Waals surface area contributed by atoms with E-state index in [1.165, 1.54) is 0 Å². The molecule has 25 heavy (non-hydrogen) atoms. The lowest BCUT2D eigenvalue weighted by Crippen LogP contribution is -2.31. The standard InChI is InChI=1S/C18H20BrNO3S2/c1-12-13(2)17(9-8-16(12)23-3)25(21,22)20-10-11-24-18(20)14-4-6-15(19)7-5-14/h4-9,18H,10-11H2,1-3H3. The molecule has 1 fully saturated rings. The van der Waals surface area contributed by atoms with Gasteiger partial charge in [0.1, 0.15) is 5.75 Å². The summed E-state index contributed by atoms with van der Waals surface area (Å²) in [5, 5.41) is -0.195. The Morgan fingerprint density at radius 2 is 1.80 bits per heavy atom. The van der Waals surface area contributed by atoms with E-state index in [1.54, 1.807) is 35.3 Å². The largest absolute Gasteiger partial charge is 0.496 e. The monoisotopic (exact) mass is 441 g/mol. The van der Waals surface area contributed by atoms with Gasteiger partial charge in [0, 0.05) is 16.8 Å². The van der Waals surface area contributed by atoms with Gasteiger partial charge in [-0.05, 0) is 54.8 Å². The molecule has 0 saturated carbocycles.